The number of halogens is 3. The summed E-state index contributed by atoms with van der Waals surface area (Å²) in [4.78, 5) is 0. The zero-order chi connectivity index (χ0) is 13.2. The van der Waals surface area contributed by atoms with E-state index in [1.165, 1.54) is 12.1 Å². The maximum Gasteiger partial charge on any atom is 0.416 e. The van der Waals surface area contributed by atoms with Gasteiger partial charge in [0.1, 0.15) is 0 Å². The van der Waals surface area contributed by atoms with Gasteiger partial charge in [-0.05, 0) is 23.3 Å². The van der Waals surface area contributed by atoms with E-state index in [0.717, 1.165) is 17.7 Å². The Hall–Kier alpha value is -1.81. The number of nitrogens with two attached hydrogens (primary N) is 1. The Morgan fingerprint density at radius 1 is 0.778 bits per heavy atom. The topological polar surface area (TPSA) is 26.0 Å². The highest BCUT2D eigenvalue weighted by atomic mass is 19.4. The summed E-state index contributed by atoms with van der Waals surface area (Å²) in [6.07, 6.45) is -4.31. The van der Waals surface area contributed by atoms with E-state index < -0.39 is 17.8 Å². The molecule has 0 aliphatic carbocycles. The Kier molecular flexibility index (Phi) is 3.39. The molecule has 0 radical (unpaired) electrons. The molecule has 1 nitrogen and oxygen atoms in total. The van der Waals surface area contributed by atoms with Crippen molar-refractivity contribution in [3.63, 3.8) is 0 Å². The molecule has 2 aromatic rings. The van der Waals surface area contributed by atoms with Gasteiger partial charge in [-0.25, -0.2) is 0 Å². The highest BCUT2D eigenvalue weighted by Crippen LogP contribution is 2.30. The van der Waals surface area contributed by atoms with Gasteiger partial charge in [0, 0.05) is 0 Å². The predicted molar refractivity (Wildman–Crippen MR) is 63.9 cm³/mol. The van der Waals surface area contributed by atoms with E-state index in [0.29, 0.717) is 5.56 Å². The van der Waals surface area contributed by atoms with Crippen molar-refractivity contribution in [3.8, 4) is 0 Å². The van der Waals surface area contributed by atoms with E-state index in [9.17, 15) is 13.2 Å². The first-order valence-electron chi connectivity index (χ1n) is 5.46. The lowest BCUT2D eigenvalue weighted by atomic mass is 9.98. The Balaban J connectivity index is 2.25. The molecule has 0 bridgehead atoms. The Morgan fingerprint density at radius 2 is 1.28 bits per heavy atom. The van der Waals surface area contributed by atoms with Crippen molar-refractivity contribution in [3.05, 3.63) is 71.3 Å². The SMILES string of the molecule is NC(c1ccccc1)c1ccc(C(F)(F)F)cc1. The monoisotopic (exact) mass is 251 g/mol. The molecule has 2 rings (SSSR count). The van der Waals surface area contributed by atoms with Gasteiger partial charge >= 0.3 is 6.18 Å². The van der Waals surface area contributed by atoms with Crippen molar-refractivity contribution >= 4 is 0 Å². The van der Waals surface area contributed by atoms with Crippen LogP contribution in [0.2, 0.25) is 0 Å². The second-order valence-electron chi connectivity index (χ2n) is 4.01. The van der Waals surface area contributed by atoms with Crippen molar-refractivity contribution in [2.75, 3.05) is 0 Å². The molecule has 0 aromatic heterocycles. The molecular weight excluding hydrogens is 239 g/mol. The van der Waals surface area contributed by atoms with Crippen LogP contribution in [0.25, 0.3) is 0 Å². The largest absolute Gasteiger partial charge is 0.416 e. The summed E-state index contributed by atoms with van der Waals surface area (Å²) in [5.74, 6) is 0. The highest BCUT2D eigenvalue weighted by molar-refractivity contribution is 5.33. The Bertz CT molecular complexity index is 503. The predicted octanol–water partition coefficient (Wildman–Crippen LogP) is 3.75. The van der Waals surface area contributed by atoms with Gasteiger partial charge in [-0.3, -0.25) is 0 Å². The van der Waals surface area contributed by atoms with Gasteiger partial charge in [0.2, 0.25) is 0 Å². The van der Waals surface area contributed by atoms with Gasteiger partial charge in [0.15, 0.2) is 0 Å². The fraction of sp³-hybridized carbons (Fsp3) is 0.143. The Labute approximate surface area is 103 Å². The number of hydrogen-bond donors (Lipinski definition) is 1. The van der Waals surface area contributed by atoms with E-state index in [2.05, 4.69) is 0 Å². The third-order valence-corrected chi connectivity index (χ3v) is 2.76. The first-order chi connectivity index (χ1) is 8.48. The van der Waals surface area contributed by atoms with Gasteiger partial charge in [-0.15, -0.1) is 0 Å². The second-order valence-corrected chi connectivity index (χ2v) is 4.01. The number of hydrogen-bond acceptors (Lipinski definition) is 1. The minimum Gasteiger partial charge on any atom is -0.320 e. The summed E-state index contributed by atoms with van der Waals surface area (Å²) in [7, 11) is 0. The van der Waals surface area contributed by atoms with Crippen LogP contribution in [-0.4, -0.2) is 0 Å². The molecule has 0 aliphatic heterocycles. The van der Waals surface area contributed by atoms with Crippen LogP contribution in [0.4, 0.5) is 13.2 Å². The molecule has 0 saturated heterocycles. The van der Waals surface area contributed by atoms with Gasteiger partial charge < -0.3 is 5.73 Å². The number of alkyl halides is 3. The molecule has 0 saturated carbocycles. The van der Waals surface area contributed by atoms with Crippen LogP contribution >= 0.6 is 0 Å². The van der Waals surface area contributed by atoms with Crippen LogP contribution in [0.3, 0.4) is 0 Å². The molecule has 0 amide bonds. The van der Waals surface area contributed by atoms with Gasteiger partial charge in [-0.2, -0.15) is 13.2 Å². The highest BCUT2D eigenvalue weighted by Gasteiger charge is 2.30. The van der Waals surface area contributed by atoms with Gasteiger partial charge in [0.05, 0.1) is 11.6 Å². The standard InChI is InChI=1S/C14H12F3N/c15-14(16,17)12-8-6-11(7-9-12)13(18)10-4-2-1-3-5-10/h1-9,13H,18H2. The molecule has 0 aliphatic rings. The molecule has 1 unspecified atom stereocenters. The average Bonchev–Trinajstić information content (AvgIpc) is 2.38. The van der Waals surface area contributed by atoms with Crippen molar-refractivity contribution in [2.45, 2.75) is 12.2 Å². The maximum atomic E-state index is 12.4. The summed E-state index contributed by atoms with van der Waals surface area (Å²) in [6.45, 7) is 0. The molecular formula is C14H12F3N. The fourth-order valence-corrected chi connectivity index (χ4v) is 1.73. The third-order valence-electron chi connectivity index (χ3n) is 2.76. The molecule has 2 aromatic carbocycles. The normalized spacial score (nSPS) is 13.3. The van der Waals surface area contributed by atoms with Crippen molar-refractivity contribution < 1.29 is 13.2 Å². The summed E-state index contributed by atoms with van der Waals surface area (Å²) < 4.78 is 37.2. The second kappa shape index (κ2) is 4.82. The minimum absolute atomic E-state index is 0.409. The van der Waals surface area contributed by atoms with Crippen molar-refractivity contribution in [1.29, 1.82) is 0 Å². The van der Waals surface area contributed by atoms with E-state index in [1.54, 1.807) is 0 Å². The van der Waals surface area contributed by atoms with E-state index in [4.69, 9.17) is 5.73 Å². The molecule has 0 spiro atoms. The molecule has 18 heavy (non-hydrogen) atoms. The van der Waals surface area contributed by atoms with Crippen LogP contribution in [0, 0.1) is 0 Å². The van der Waals surface area contributed by atoms with Gasteiger partial charge in [-0.1, -0.05) is 42.5 Å². The van der Waals surface area contributed by atoms with Crippen molar-refractivity contribution in [1.82, 2.24) is 0 Å². The van der Waals surface area contributed by atoms with Gasteiger partial charge in [0.25, 0.3) is 0 Å². The smallest absolute Gasteiger partial charge is 0.320 e. The zero-order valence-corrected chi connectivity index (χ0v) is 9.48. The lowest BCUT2D eigenvalue weighted by Crippen LogP contribution is -2.12. The Morgan fingerprint density at radius 3 is 1.78 bits per heavy atom. The van der Waals surface area contributed by atoms with Crippen LogP contribution in [0.15, 0.2) is 54.6 Å². The first kappa shape index (κ1) is 12.6. The van der Waals surface area contributed by atoms with E-state index in [1.807, 2.05) is 30.3 Å². The first-order valence-corrected chi connectivity index (χ1v) is 5.46. The molecule has 4 heteroatoms. The lowest BCUT2D eigenvalue weighted by Gasteiger charge is -2.13. The molecule has 0 heterocycles. The van der Waals surface area contributed by atoms with Crippen LogP contribution < -0.4 is 5.73 Å². The summed E-state index contributed by atoms with van der Waals surface area (Å²) in [5.41, 5.74) is 6.87. The van der Waals surface area contributed by atoms with E-state index >= 15 is 0 Å². The number of benzene rings is 2. The number of rotatable bonds is 2. The molecule has 94 valence electrons. The van der Waals surface area contributed by atoms with E-state index in [-0.39, 0.29) is 0 Å². The van der Waals surface area contributed by atoms with Crippen LogP contribution in [-0.2, 0) is 6.18 Å². The van der Waals surface area contributed by atoms with Crippen molar-refractivity contribution in [2.24, 2.45) is 5.73 Å². The molecule has 0 fully saturated rings. The van der Waals surface area contributed by atoms with Crippen LogP contribution in [0.5, 0.6) is 0 Å². The quantitative estimate of drug-likeness (QED) is 0.864. The fourth-order valence-electron chi connectivity index (χ4n) is 1.73. The van der Waals surface area contributed by atoms with Crippen LogP contribution in [0.1, 0.15) is 22.7 Å². The summed E-state index contributed by atoms with van der Waals surface area (Å²) >= 11 is 0. The molecule has 2 N–H and O–H groups in total. The minimum atomic E-state index is -4.31. The lowest BCUT2D eigenvalue weighted by molar-refractivity contribution is -0.137. The maximum absolute atomic E-state index is 12.4. The third kappa shape index (κ3) is 2.71. The summed E-state index contributed by atoms with van der Waals surface area (Å²) in [5, 5.41) is 0. The zero-order valence-electron chi connectivity index (χ0n) is 9.48. The molecule has 1 atom stereocenters. The average molecular weight is 251 g/mol. The summed E-state index contributed by atoms with van der Waals surface area (Å²) in [6, 6.07) is 13.8.